The molecule has 1 aliphatic heterocycles. The predicted octanol–water partition coefficient (Wildman–Crippen LogP) is 2.81. The summed E-state index contributed by atoms with van der Waals surface area (Å²) in [5.41, 5.74) is 1.07. The standard InChI is InChI=1S/C20H29N3O2S/c24-19(20-8-14-5-15(9-20)7-16(6-14)10-20)21-11-18-22-17(13-26-18)12-23-1-3-25-4-2-23/h13-16H,1-12H2,(H,21,24). The first kappa shape index (κ1) is 17.1. The molecule has 26 heavy (non-hydrogen) atoms. The Kier molecular flexibility index (Phi) is 4.53. The molecule has 0 spiro atoms. The van der Waals surface area contributed by atoms with Gasteiger partial charge in [-0.2, -0.15) is 0 Å². The van der Waals surface area contributed by atoms with Gasteiger partial charge < -0.3 is 10.1 Å². The molecule has 5 nitrogen and oxygen atoms in total. The summed E-state index contributed by atoms with van der Waals surface area (Å²) in [6.45, 7) is 5.08. The fourth-order valence-corrected chi connectivity index (χ4v) is 6.95. The first-order valence-corrected chi connectivity index (χ1v) is 11.1. The molecule has 1 saturated heterocycles. The Balaban J connectivity index is 1.17. The maximum absolute atomic E-state index is 13.0. The number of morpholine rings is 1. The number of nitrogens with zero attached hydrogens (tertiary/aromatic N) is 2. The highest BCUT2D eigenvalue weighted by molar-refractivity contribution is 7.09. The third-order valence-corrected chi connectivity index (χ3v) is 7.91. The van der Waals surface area contributed by atoms with Crippen LogP contribution in [-0.4, -0.2) is 42.1 Å². The zero-order valence-corrected chi connectivity index (χ0v) is 16.2. The average Bonchev–Trinajstić information content (AvgIpc) is 3.07. The lowest BCUT2D eigenvalue weighted by Gasteiger charge is -2.55. The van der Waals surface area contributed by atoms with Crippen molar-refractivity contribution in [3.05, 3.63) is 16.1 Å². The molecule has 1 N–H and O–H groups in total. The van der Waals surface area contributed by atoms with E-state index in [9.17, 15) is 4.79 Å². The normalized spacial score (nSPS) is 36.4. The lowest BCUT2D eigenvalue weighted by molar-refractivity contribution is -0.146. The van der Waals surface area contributed by atoms with Crippen LogP contribution in [0.25, 0.3) is 0 Å². The Labute approximate surface area is 159 Å². The minimum Gasteiger partial charge on any atom is -0.379 e. The van der Waals surface area contributed by atoms with E-state index in [0.717, 1.165) is 80.6 Å². The van der Waals surface area contributed by atoms with Crippen molar-refractivity contribution in [2.75, 3.05) is 26.3 Å². The summed E-state index contributed by atoms with van der Waals surface area (Å²) >= 11 is 1.67. The van der Waals surface area contributed by atoms with Gasteiger partial charge in [-0.05, 0) is 56.3 Å². The lowest BCUT2D eigenvalue weighted by Crippen LogP contribution is -2.53. The Morgan fingerprint density at radius 1 is 1.19 bits per heavy atom. The van der Waals surface area contributed by atoms with E-state index in [1.807, 2.05) is 0 Å². The second-order valence-corrected chi connectivity index (χ2v) is 9.94. The summed E-state index contributed by atoms with van der Waals surface area (Å²) in [6, 6.07) is 0. The van der Waals surface area contributed by atoms with Gasteiger partial charge in [0, 0.05) is 30.4 Å². The highest BCUT2D eigenvalue weighted by Crippen LogP contribution is 2.60. The van der Waals surface area contributed by atoms with Crippen molar-refractivity contribution in [3.63, 3.8) is 0 Å². The van der Waals surface area contributed by atoms with Crippen molar-refractivity contribution in [1.29, 1.82) is 0 Å². The molecular weight excluding hydrogens is 346 g/mol. The number of hydrogen-bond donors (Lipinski definition) is 1. The maximum atomic E-state index is 13.0. The monoisotopic (exact) mass is 375 g/mol. The van der Waals surface area contributed by atoms with Crippen molar-refractivity contribution in [1.82, 2.24) is 15.2 Å². The van der Waals surface area contributed by atoms with Gasteiger partial charge >= 0.3 is 0 Å². The van der Waals surface area contributed by atoms with E-state index in [0.29, 0.717) is 12.5 Å². The molecule has 0 radical (unpaired) electrons. The Bertz CT molecular complexity index is 632. The number of rotatable bonds is 5. The van der Waals surface area contributed by atoms with E-state index in [1.54, 1.807) is 11.3 Å². The van der Waals surface area contributed by atoms with E-state index in [1.165, 1.54) is 19.3 Å². The molecule has 4 bridgehead atoms. The fourth-order valence-electron chi connectivity index (χ4n) is 6.22. The van der Waals surface area contributed by atoms with Crippen LogP contribution in [0.1, 0.15) is 49.2 Å². The molecule has 1 aromatic rings. The van der Waals surface area contributed by atoms with E-state index in [-0.39, 0.29) is 5.41 Å². The number of nitrogens with one attached hydrogen (secondary N) is 1. The largest absolute Gasteiger partial charge is 0.379 e. The summed E-state index contributed by atoms with van der Waals surface area (Å²) in [5.74, 6) is 2.74. The van der Waals surface area contributed by atoms with Crippen molar-refractivity contribution in [2.24, 2.45) is 23.2 Å². The Hall–Kier alpha value is -0.980. The van der Waals surface area contributed by atoms with E-state index in [4.69, 9.17) is 9.72 Å². The number of carbonyl (C=O) groups is 1. The summed E-state index contributed by atoms with van der Waals surface area (Å²) in [5, 5.41) is 6.42. The quantitative estimate of drug-likeness (QED) is 0.860. The predicted molar refractivity (Wildman–Crippen MR) is 101 cm³/mol. The second-order valence-electron chi connectivity index (χ2n) is 9.00. The molecule has 1 aromatic heterocycles. The molecule has 0 unspecified atom stereocenters. The van der Waals surface area contributed by atoms with Crippen molar-refractivity contribution < 1.29 is 9.53 Å². The van der Waals surface area contributed by atoms with Gasteiger partial charge in [0.05, 0.1) is 25.5 Å². The Morgan fingerprint density at radius 3 is 2.50 bits per heavy atom. The second kappa shape index (κ2) is 6.88. The summed E-state index contributed by atoms with van der Waals surface area (Å²) in [4.78, 5) is 20.2. The minimum absolute atomic E-state index is 0.0529. The summed E-state index contributed by atoms with van der Waals surface area (Å²) < 4.78 is 5.40. The van der Waals surface area contributed by atoms with Gasteiger partial charge in [0.15, 0.2) is 0 Å². The highest BCUT2D eigenvalue weighted by Gasteiger charge is 2.54. The molecular formula is C20H29N3O2S. The van der Waals surface area contributed by atoms with E-state index >= 15 is 0 Å². The van der Waals surface area contributed by atoms with Crippen LogP contribution in [0.4, 0.5) is 0 Å². The zero-order chi connectivity index (χ0) is 17.6. The van der Waals surface area contributed by atoms with Gasteiger partial charge in [0.2, 0.25) is 5.91 Å². The van der Waals surface area contributed by atoms with Gasteiger partial charge in [0.1, 0.15) is 5.01 Å². The third-order valence-electron chi connectivity index (χ3n) is 7.01. The van der Waals surface area contributed by atoms with E-state index < -0.39 is 0 Å². The zero-order valence-electron chi connectivity index (χ0n) is 15.4. The van der Waals surface area contributed by atoms with Crippen LogP contribution >= 0.6 is 11.3 Å². The van der Waals surface area contributed by atoms with Gasteiger partial charge in [-0.1, -0.05) is 0 Å². The number of aromatic nitrogens is 1. The molecule has 4 saturated carbocycles. The van der Waals surface area contributed by atoms with Gasteiger partial charge in [-0.25, -0.2) is 4.98 Å². The van der Waals surface area contributed by atoms with Gasteiger partial charge in [-0.15, -0.1) is 11.3 Å². The van der Waals surface area contributed by atoms with Crippen LogP contribution in [0, 0.1) is 23.2 Å². The fraction of sp³-hybridized carbons (Fsp3) is 0.800. The smallest absolute Gasteiger partial charge is 0.226 e. The van der Waals surface area contributed by atoms with Crippen LogP contribution in [-0.2, 0) is 22.6 Å². The molecule has 2 heterocycles. The number of thiazole rings is 1. The molecule has 6 heteroatoms. The molecule has 5 fully saturated rings. The lowest BCUT2D eigenvalue weighted by atomic mass is 9.49. The van der Waals surface area contributed by atoms with Gasteiger partial charge in [0.25, 0.3) is 0 Å². The molecule has 0 aromatic carbocycles. The molecule has 1 amide bonds. The minimum atomic E-state index is -0.0529. The van der Waals surface area contributed by atoms with Crippen LogP contribution in [0.3, 0.4) is 0 Å². The van der Waals surface area contributed by atoms with Gasteiger partial charge in [-0.3, -0.25) is 9.69 Å². The number of amides is 1. The number of carbonyl (C=O) groups excluding carboxylic acids is 1. The molecule has 142 valence electrons. The number of hydrogen-bond acceptors (Lipinski definition) is 5. The van der Waals surface area contributed by atoms with Crippen molar-refractivity contribution in [3.8, 4) is 0 Å². The first-order valence-electron chi connectivity index (χ1n) is 10.2. The summed E-state index contributed by atoms with van der Waals surface area (Å²) in [7, 11) is 0. The molecule has 6 rings (SSSR count). The Morgan fingerprint density at radius 2 is 1.85 bits per heavy atom. The average molecular weight is 376 g/mol. The van der Waals surface area contributed by atoms with Crippen molar-refractivity contribution in [2.45, 2.75) is 51.6 Å². The molecule has 4 aliphatic carbocycles. The molecule has 0 atom stereocenters. The SMILES string of the molecule is O=C(NCc1nc(CN2CCOCC2)cs1)C12CC3CC(CC(C3)C1)C2. The third kappa shape index (κ3) is 3.32. The van der Waals surface area contributed by atoms with Crippen LogP contribution in [0.2, 0.25) is 0 Å². The highest BCUT2D eigenvalue weighted by atomic mass is 32.1. The number of ether oxygens (including phenoxy) is 1. The first-order chi connectivity index (χ1) is 12.7. The maximum Gasteiger partial charge on any atom is 0.226 e. The van der Waals surface area contributed by atoms with Crippen molar-refractivity contribution >= 4 is 17.2 Å². The van der Waals surface area contributed by atoms with Crippen LogP contribution in [0.15, 0.2) is 5.38 Å². The summed E-state index contributed by atoms with van der Waals surface area (Å²) in [6.07, 6.45) is 7.53. The molecule has 5 aliphatic rings. The van der Waals surface area contributed by atoms with Crippen LogP contribution in [0.5, 0.6) is 0 Å². The van der Waals surface area contributed by atoms with Crippen LogP contribution < -0.4 is 5.32 Å². The topological polar surface area (TPSA) is 54.5 Å². The van der Waals surface area contributed by atoms with E-state index in [2.05, 4.69) is 15.6 Å².